The Morgan fingerprint density at radius 2 is 1.61 bits per heavy atom. The van der Waals surface area contributed by atoms with E-state index in [0.717, 1.165) is 21.3 Å². The molecule has 0 radical (unpaired) electrons. The van der Waals surface area contributed by atoms with Gasteiger partial charge in [-0.3, -0.25) is 9.59 Å². The van der Waals surface area contributed by atoms with Gasteiger partial charge >= 0.3 is 0 Å². The van der Waals surface area contributed by atoms with Gasteiger partial charge in [0.2, 0.25) is 5.66 Å². The largest absolute Gasteiger partial charge is 0.350 e. The predicted octanol–water partition coefficient (Wildman–Crippen LogP) is 4.00. The van der Waals surface area contributed by atoms with Crippen LogP contribution in [0.2, 0.25) is 0 Å². The zero-order valence-corrected chi connectivity index (χ0v) is 16.4. The monoisotopic (exact) mass is 433 g/mol. The van der Waals surface area contributed by atoms with Crippen molar-refractivity contribution in [3.8, 4) is 0 Å². The molecule has 138 valence electrons. The molecule has 28 heavy (non-hydrogen) atoms. The summed E-state index contributed by atoms with van der Waals surface area (Å²) in [7, 11) is 0. The lowest BCUT2D eigenvalue weighted by molar-refractivity contribution is -0.123. The summed E-state index contributed by atoms with van der Waals surface area (Å²) in [6.07, 6.45) is 0. The maximum absolute atomic E-state index is 13.7. The van der Waals surface area contributed by atoms with Crippen molar-refractivity contribution < 1.29 is 9.59 Å². The Kier molecular flexibility index (Phi) is 3.77. The van der Waals surface area contributed by atoms with Gasteiger partial charge in [0, 0.05) is 15.7 Å². The zero-order valence-electron chi connectivity index (χ0n) is 14.8. The molecule has 2 N–H and O–H groups in total. The summed E-state index contributed by atoms with van der Waals surface area (Å²) in [5.41, 5.74) is 2.36. The first-order chi connectivity index (χ1) is 13.6. The molecule has 0 saturated heterocycles. The number of para-hydroxylation sites is 2. The van der Waals surface area contributed by atoms with E-state index in [1.807, 2.05) is 60.7 Å². The third-order valence-corrected chi connectivity index (χ3v) is 5.84. The van der Waals surface area contributed by atoms with Gasteiger partial charge in [0.15, 0.2) is 0 Å². The van der Waals surface area contributed by atoms with Crippen LogP contribution in [0.25, 0.3) is 0 Å². The summed E-state index contributed by atoms with van der Waals surface area (Å²) in [5, 5.41) is 6.24. The molecule has 1 spiro atoms. The van der Waals surface area contributed by atoms with Crippen molar-refractivity contribution in [1.29, 1.82) is 0 Å². The van der Waals surface area contributed by atoms with Gasteiger partial charge in [0.1, 0.15) is 0 Å². The fourth-order valence-electron chi connectivity index (χ4n) is 3.93. The second kappa shape index (κ2) is 6.21. The second-order valence-corrected chi connectivity index (χ2v) is 7.74. The van der Waals surface area contributed by atoms with Crippen LogP contribution in [-0.2, 0) is 17.0 Å². The number of hydrogen-bond donors (Lipinski definition) is 2. The summed E-state index contributed by atoms with van der Waals surface area (Å²) in [4.78, 5) is 28.2. The molecule has 0 bridgehead atoms. The second-order valence-electron chi connectivity index (χ2n) is 6.89. The van der Waals surface area contributed by atoms with Crippen LogP contribution in [0.15, 0.2) is 77.3 Å². The van der Waals surface area contributed by atoms with Crippen molar-refractivity contribution in [2.24, 2.45) is 0 Å². The fraction of sp³-hybridized carbons (Fsp3) is 0.0909. The van der Waals surface area contributed by atoms with Crippen LogP contribution in [0.5, 0.6) is 0 Å². The van der Waals surface area contributed by atoms with Gasteiger partial charge in [0.05, 0.1) is 17.8 Å². The van der Waals surface area contributed by atoms with Crippen molar-refractivity contribution >= 4 is 39.1 Å². The lowest BCUT2D eigenvalue weighted by Crippen LogP contribution is -2.60. The molecule has 5 nitrogen and oxygen atoms in total. The maximum atomic E-state index is 13.7. The highest BCUT2D eigenvalue weighted by Crippen LogP contribution is 2.47. The lowest BCUT2D eigenvalue weighted by atomic mass is 9.95. The number of nitrogens with one attached hydrogen (secondary N) is 2. The van der Waals surface area contributed by atoms with E-state index in [0.29, 0.717) is 17.8 Å². The molecule has 3 aromatic rings. The molecule has 0 saturated carbocycles. The third kappa shape index (κ3) is 2.38. The number of fused-ring (bicyclic) bond motifs is 3. The highest BCUT2D eigenvalue weighted by Gasteiger charge is 2.55. The summed E-state index contributed by atoms with van der Waals surface area (Å²) in [5.74, 6) is -0.476. The number of hydrogen-bond acceptors (Lipinski definition) is 3. The van der Waals surface area contributed by atoms with E-state index in [2.05, 4.69) is 26.6 Å². The summed E-state index contributed by atoms with van der Waals surface area (Å²) >= 11 is 3.59. The molecule has 2 amide bonds. The SMILES string of the molecule is O=C1N[C@@]2(Nc3ccccc31)C(=O)N(Cc1ccccc1)c1c(Br)cccc12. The van der Waals surface area contributed by atoms with Gasteiger partial charge in [-0.05, 0) is 39.7 Å². The molecule has 0 fully saturated rings. The molecule has 6 heteroatoms. The smallest absolute Gasteiger partial charge is 0.278 e. The highest BCUT2D eigenvalue weighted by atomic mass is 79.9. The summed E-state index contributed by atoms with van der Waals surface area (Å²) in [6.45, 7) is 0.413. The van der Waals surface area contributed by atoms with Crippen LogP contribution in [0.3, 0.4) is 0 Å². The minimum absolute atomic E-state index is 0.207. The highest BCUT2D eigenvalue weighted by molar-refractivity contribution is 9.10. The fourth-order valence-corrected chi connectivity index (χ4v) is 4.51. The summed E-state index contributed by atoms with van der Waals surface area (Å²) < 4.78 is 0.807. The van der Waals surface area contributed by atoms with Crippen molar-refractivity contribution in [1.82, 2.24) is 5.32 Å². The molecule has 2 aliphatic rings. The Bertz CT molecular complexity index is 1120. The number of rotatable bonds is 2. The quantitative estimate of drug-likeness (QED) is 0.641. The molecule has 5 rings (SSSR count). The normalized spacial score (nSPS) is 19.8. The van der Waals surface area contributed by atoms with Crippen molar-refractivity contribution in [2.75, 3.05) is 10.2 Å². The van der Waals surface area contributed by atoms with Crippen LogP contribution in [0.1, 0.15) is 21.5 Å². The van der Waals surface area contributed by atoms with E-state index in [4.69, 9.17) is 0 Å². The van der Waals surface area contributed by atoms with E-state index < -0.39 is 5.66 Å². The Hall–Kier alpha value is -3.12. The number of carbonyl (C=O) groups excluding carboxylic acids is 2. The van der Waals surface area contributed by atoms with Crippen molar-refractivity contribution in [2.45, 2.75) is 12.2 Å². The molecular weight excluding hydrogens is 418 g/mol. The number of benzene rings is 3. The first kappa shape index (κ1) is 17.0. The molecule has 1 atom stereocenters. The van der Waals surface area contributed by atoms with Crippen LogP contribution in [0, 0.1) is 0 Å². The van der Waals surface area contributed by atoms with Crippen LogP contribution < -0.4 is 15.5 Å². The van der Waals surface area contributed by atoms with Crippen molar-refractivity contribution in [3.63, 3.8) is 0 Å². The zero-order chi connectivity index (χ0) is 19.3. The number of anilines is 2. The van der Waals surface area contributed by atoms with Gasteiger partial charge < -0.3 is 15.5 Å². The predicted molar refractivity (Wildman–Crippen MR) is 111 cm³/mol. The minimum Gasteiger partial charge on any atom is -0.350 e. The van der Waals surface area contributed by atoms with E-state index in [9.17, 15) is 9.59 Å². The van der Waals surface area contributed by atoms with Gasteiger partial charge in [0.25, 0.3) is 11.8 Å². The van der Waals surface area contributed by atoms with Crippen LogP contribution in [0.4, 0.5) is 11.4 Å². The number of halogens is 1. The number of amides is 2. The maximum Gasteiger partial charge on any atom is 0.278 e. The van der Waals surface area contributed by atoms with Crippen LogP contribution >= 0.6 is 15.9 Å². The van der Waals surface area contributed by atoms with Gasteiger partial charge in [-0.15, -0.1) is 0 Å². The van der Waals surface area contributed by atoms with Crippen LogP contribution in [-0.4, -0.2) is 11.8 Å². The standard InChI is InChI=1S/C22H16BrN3O2/c23-17-11-6-10-16-19(17)26(13-14-7-2-1-3-8-14)21(28)22(16)24-18-12-5-4-9-15(18)20(27)25-22/h1-12,24H,13H2,(H,25,27)/t22-/m1/s1. The van der Waals surface area contributed by atoms with E-state index in [-0.39, 0.29) is 11.8 Å². The molecule has 0 aromatic heterocycles. The minimum atomic E-state index is -1.32. The molecule has 2 aliphatic heterocycles. The first-order valence-corrected chi connectivity index (χ1v) is 9.74. The first-order valence-electron chi connectivity index (χ1n) is 8.95. The van der Waals surface area contributed by atoms with Crippen molar-refractivity contribution in [3.05, 3.63) is 94.0 Å². The van der Waals surface area contributed by atoms with E-state index in [1.54, 1.807) is 17.0 Å². The molecule has 0 aliphatic carbocycles. The van der Waals surface area contributed by atoms with Gasteiger partial charge in [-0.25, -0.2) is 0 Å². The Balaban J connectivity index is 1.66. The topological polar surface area (TPSA) is 61.4 Å². The Morgan fingerprint density at radius 1 is 0.857 bits per heavy atom. The number of carbonyl (C=O) groups is 2. The third-order valence-electron chi connectivity index (χ3n) is 5.21. The van der Waals surface area contributed by atoms with Gasteiger partial charge in [-0.2, -0.15) is 0 Å². The molecule has 3 aromatic carbocycles. The van der Waals surface area contributed by atoms with E-state index >= 15 is 0 Å². The molecule has 2 heterocycles. The Labute approximate surface area is 170 Å². The Morgan fingerprint density at radius 3 is 2.43 bits per heavy atom. The van der Waals surface area contributed by atoms with Gasteiger partial charge in [-0.1, -0.05) is 54.6 Å². The number of nitrogens with zero attached hydrogens (tertiary/aromatic N) is 1. The van der Waals surface area contributed by atoms with E-state index in [1.165, 1.54) is 0 Å². The molecular formula is C22H16BrN3O2. The summed E-state index contributed by atoms with van der Waals surface area (Å²) in [6, 6.07) is 22.7. The molecule has 0 unspecified atom stereocenters. The average Bonchev–Trinajstić information content (AvgIpc) is 2.92. The lowest BCUT2D eigenvalue weighted by Gasteiger charge is -2.36. The average molecular weight is 434 g/mol.